The molecule has 1 aromatic carbocycles. The highest BCUT2D eigenvalue weighted by Crippen LogP contribution is 2.27. The minimum atomic E-state index is -0.332. The van der Waals surface area contributed by atoms with Crippen molar-refractivity contribution in [2.75, 3.05) is 31.6 Å². The number of nitrogens with one attached hydrogen (secondary N) is 2. The highest BCUT2D eigenvalue weighted by atomic mass is 127. The monoisotopic (exact) mass is 566 g/mol. The molecule has 4 rings (SSSR count). The molecular formula is C24H35IN6O2. The first kappa shape index (κ1) is 25.5. The van der Waals surface area contributed by atoms with Crippen LogP contribution >= 0.6 is 24.0 Å². The number of rotatable bonds is 6. The summed E-state index contributed by atoms with van der Waals surface area (Å²) < 4.78 is 7.69. The molecule has 0 aliphatic carbocycles. The van der Waals surface area contributed by atoms with Crippen LogP contribution in [0.4, 0.5) is 5.69 Å². The number of hydrogen-bond acceptors (Lipinski definition) is 4. The Bertz CT molecular complexity index is 913. The molecule has 3 heterocycles. The van der Waals surface area contributed by atoms with Crippen molar-refractivity contribution in [3.63, 3.8) is 0 Å². The zero-order chi connectivity index (χ0) is 22.3. The number of guanidine groups is 1. The summed E-state index contributed by atoms with van der Waals surface area (Å²) in [6.07, 6.45) is 8.30. The lowest BCUT2D eigenvalue weighted by Gasteiger charge is -2.39. The summed E-state index contributed by atoms with van der Waals surface area (Å²) >= 11 is 0. The van der Waals surface area contributed by atoms with Gasteiger partial charge in [-0.3, -0.25) is 4.79 Å². The number of imidazole rings is 1. The van der Waals surface area contributed by atoms with Crippen molar-refractivity contribution < 1.29 is 9.53 Å². The van der Waals surface area contributed by atoms with E-state index in [1.54, 1.807) is 0 Å². The van der Waals surface area contributed by atoms with Gasteiger partial charge in [0.05, 0.1) is 18.9 Å². The van der Waals surface area contributed by atoms with Crippen LogP contribution in [0.25, 0.3) is 0 Å². The summed E-state index contributed by atoms with van der Waals surface area (Å²) in [4.78, 5) is 23.8. The number of carbonyl (C=O) groups excluding carboxylic acids is 1. The molecule has 2 N–H and O–H groups in total. The first-order valence-electron chi connectivity index (χ1n) is 11.7. The van der Waals surface area contributed by atoms with Gasteiger partial charge in [-0.05, 0) is 49.8 Å². The number of carbonyl (C=O) groups is 1. The Morgan fingerprint density at radius 2 is 2.21 bits per heavy atom. The van der Waals surface area contributed by atoms with Crippen LogP contribution in [0.2, 0.25) is 0 Å². The Balaban J connectivity index is 0.00000306. The highest BCUT2D eigenvalue weighted by Gasteiger charge is 2.29. The van der Waals surface area contributed by atoms with Crippen molar-refractivity contribution >= 4 is 41.5 Å². The third kappa shape index (κ3) is 6.69. The number of nitrogens with zero attached hydrogens (tertiary/aromatic N) is 4. The Labute approximate surface area is 213 Å². The molecule has 0 spiro atoms. The zero-order valence-electron chi connectivity index (χ0n) is 19.4. The van der Waals surface area contributed by atoms with Gasteiger partial charge in [-0.15, -0.1) is 24.0 Å². The number of ether oxygens (including phenoxy) is 1. The second-order valence-corrected chi connectivity index (χ2v) is 8.65. The van der Waals surface area contributed by atoms with E-state index in [0.29, 0.717) is 25.1 Å². The summed E-state index contributed by atoms with van der Waals surface area (Å²) in [6.45, 7) is 8.32. The van der Waals surface area contributed by atoms with E-state index in [0.717, 1.165) is 56.1 Å². The van der Waals surface area contributed by atoms with Crippen LogP contribution in [0.5, 0.6) is 0 Å². The Morgan fingerprint density at radius 1 is 1.33 bits per heavy atom. The maximum Gasteiger partial charge on any atom is 0.253 e. The zero-order valence-corrected chi connectivity index (χ0v) is 21.8. The lowest BCUT2D eigenvalue weighted by Crippen LogP contribution is -2.49. The molecule has 1 aromatic heterocycles. The lowest BCUT2D eigenvalue weighted by molar-refractivity contribution is -0.124. The van der Waals surface area contributed by atoms with Crippen LogP contribution in [0.1, 0.15) is 44.7 Å². The minimum absolute atomic E-state index is 0. The maximum atomic E-state index is 12.4. The van der Waals surface area contributed by atoms with E-state index in [1.165, 1.54) is 0 Å². The van der Waals surface area contributed by atoms with Crippen molar-refractivity contribution in [2.45, 2.75) is 51.8 Å². The van der Waals surface area contributed by atoms with Crippen molar-refractivity contribution in [1.29, 1.82) is 0 Å². The summed E-state index contributed by atoms with van der Waals surface area (Å²) in [5.41, 5.74) is 1.84. The number of amides is 1. The molecule has 2 saturated heterocycles. The van der Waals surface area contributed by atoms with Crippen molar-refractivity contribution in [1.82, 2.24) is 19.8 Å². The summed E-state index contributed by atoms with van der Waals surface area (Å²) in [6, 6.07) is 8.29. The van der Waals surface area contributed by atoms with Crippen LogP contribution < -0.4 is 10.6 Å². The number of aliphatic imine (C=N–C) groups is 1. The fourth-order valence-corrected chi connectivity index (χ4v) is 4.44. The number of hydrogen-bond donors (Lipinski definition) is 2. The SMILES string of the molecule is CCNC(=NCc1cccc(NC(=O)C2CCCO2)c1)N1CCC(C)C(n2ccnc2)C1.I. The van der Waals surface area contributed by atoms with Crippen molar-refractivity contribution in [3.05, 3.63) is 48.5 Å². The Morgan fingerprint density at radius 3 is 2.94 bits per heavy atom. The number of benzene rings is 1. The van der Waals surface area contributed by atoms with Gasteiger partial charge in [-0.25, -0.2) is 9.98 Å². The maximum absolute atomic E-state index is 12.4. The second-order valence-electron chi connectivity index (χ2n) is 8.65. The molecule has 1 amide bonds. The number of aromatic nitrogens is 2. The first-order valence-corrected chi connectivity index (χ1v) is 11.7. The molecule has 0 bridgehead atoms. The molecule has 2 aliphatic rings. The van der Waals surface area contributed by atoms with E-state index in [9.17, 15) is 4.79 Å². The van der Waals surface area contributed by atoms with Crippen molar-refractivity contribution in [3.8, 4) is 0 Å². The van der Waals surface area contributed by atoms with Gasteiger partial charge >= 0.3 is 0 Å². The topological polar surface area (TPSA) is 83.8 Å². The molecule has 2 aromatic rings. The summed E-state index contributed by atoms with van der Waals surface area (Å²) in [7, 11) is 0. The molecule has 0 radical (unpaired) electrons. The van der Waals surface area contributed by atoms with Gasteiger partial charge in [0.2, 0.25) is 0 Å². The predicted molar refractivity (Wildman–Crippen MR) is 141 cm³/mol. The van der Waals surface area contributed by atoms with Crippen LogP contribution in [0, 0.1) is 5.92 Å². The number of piperidine rings is 1. The van der Waals surface area contributed by atoms with Gasteiger partial charge in [0.25, 0.3) is 5.91 Å². The summed E-state index contributed by atoms with van der Waals surface area (Å²) in [5, 5.41) is 6.43. The molecule has 3 unspecified atom stereocenters. The van der Waals surface area contributed by atoms with Gasteiger partial charge < -0.3 is 24.8 Å². The average molecular weight is 566 g/mol. The number of anilines is 1. The Hall–Kier alpha value is -2.14. The molecule has 33 heavy (non-hydrogen) atoms. The minimum Gasteiger partial charge on any atom is -0.368 e. The van der Waals surface area contributed by atoms with Crippen LogP contribution in [0.3, 0.4) is 0 Å². The Kier molecular flexibility index (Phi) is 9.54. The van der Waals surface area contributed by atoms with E-state index in [-0.39, 0.29) is 36.0 Å². The molecule has 9 heteroatoms. The fraction of sp³-hybridized carbons (Fsp3) is 0.542. The fourth-order valence-electron chi connectivity index (χ4n) is 4.44. The van der Waals surface area contributed by atoms with E-state index >= 15 is 0 Å². The van der Waals surface area contributed by atoms with Gasteiger partial charge in [0.1, 0.15) is 6.10 Å². The number of halogens is 1. The van der Waals surface area contributed by atoms with Gasteiger partial charge in [0, 0.05) is 44.3 Å². The summed E-state index contributed by atoms with van der Waals surface area (Å²) in [5.74, 6) is 1.45. The third-order valence-corrected chi connectivity index (χ3v) is 6.29. The van der Waals surface area contributed by atoms with Crippen LogP contribution in [-0.2, 0) is 16.1 Å². The molecule has 3 atom stereocenters. The average Bonchev–Trinajstić information content (AvgIpc) is 3.52. The largest absolute Gasteiger partial charge is 0.368 e. The molecular weight excluding hydrogens is 531 g/mol. The van der Waals surface area contributed by atoms with Gasteiger partial charge in [-0.2, -0.15) is 0 Å². The van der Waals surface area contributed by atoms with Crippen LogP contribution in [0.15, 0.2) is 48.0 Å². The van der Waals surface area contributed by atoms with E-state index < -0.39 is 0 Å². The third-order valence-electron chi connectivity index (χ3n) is 6.29. The van der Waals surface area contributed by atoms with E-state index in [2.05, 4.69) is 38.9 Å². The van der Waals surface area contributed by atoms with Gasteiger partial charge in [-0.1, -0.05) is 19.1 Å². The molecule has 8 nitrogen and oxygen atoms in total. The highest BCUT2D eigenvalue weighted by molar-refractivity contribution is 14.0. The van der Waals surface area contributed by atoms with Crippen LogP contribution in [-0.4, -0.2) is 58.7 Å². The van der Waals surface area contributed by atoms with Crippen molar-refractivity contribution in [2.24, 2.45) is 10.9 Å². The first-order chi connectivity index (χ1) is 15.6. The lowest BCUT2D eigenvalue weighted by atomic mass is 9.93. The normalized spacial score (nSPS) is 23.2. The molecule has 180 valence electrons. The molecule has 0 saturated carbocycles. The molecule has 2 aliphatic heterocycles. The number of likely N-dealkylation sites (tertiary alicyclic amines) is 1. The van der Waals surface area contributed by atoms with E-state index in [4.69, 9.17) is 9.73 Å². The smallest absolute Gasteiger partial charge is 0.253 e. The quantitative estimate of drug-likeness (QED) is 0.317. The molecule has 2 fully saturated rings. The standard InChI is InChI=1S/C24H34N6O2.HI/c1-3-26-24(29-11-9-18(2)21(16-29)30-12-10-25-17-30)27-15-19-6-4-7-20(14-19)28-23(31)22-8-5-13-32-22;/h4,6-7,10,12,14,17-18,21-22H,3,5,8-9,11,13,15-16H2,1-2H3,(H,26,27)(H,28,31);1H. The van der Waals surface area contributed by atoms with Gasteiger partial charge in [0.15, 0.2) is 5.96 Å². The second kappa shape index (κ2) is 12.4. The predicted octanol–water partition coefficient (Wildman–Crippen LogP) is 3.67. The van der Waals surface area contributed by atoms with E-state index in [1.807, 2.05) is 43.0 Å².